The average Bonchev–Trinajstić information content (AvgIpc) is 2.74. The molecule has 0 radical (unpaired) electrons. The number of nitrogens with zero attached hydrogens (tertiary/aromatic N) is 2. The molecule has 1 aromatic heterocycles. The largest absolute Gasteiger partial charge is 0.408 e. The zero-order chi connectivity index (χ0) is 14.8. The van der Waals surface area contributed by atoms with Crippen LogP contribution in [0.25, 0.3) is 0 Å². The second kappa shape index (κ2) is 5.36. The van der Waals surface area contributed by atoms with Crippen molar-refractivity contribution in [3.63, 3.8) is 0 Å². The maximum Gasteiger partial charge on any atom is 0.408 e. The van der Waals surface area contributed by atoms with Gasteiger partial charge in [-0.3, -0.25) is 9.48 Å². The van der Waals surface area contributed by atoms with Gasteiger partial charge < -0.3 is 5.32 Å². The number of hydrogen-bond donors (Lipinski definition) is 1. The molecule has 0 aliphatic carbocycles. The van der Waals surface area contributed by atoms with E-state index in [1.807, 2.05) is 6.92 Å². The lowest BCUT2D eigenvalue weighted by Gasteiger charge is -2.05. The third-order valence-electron chi connectivity index (χ3n) is 2.55. The van der Waals surface area contributed by atoms with Crippen LogP contribution in [0.2, 0.25) is 0 Å². The van der Waals surface area contributed by atoms with Crippen molar-refractivity contribution in [3.05, 3.63) is 47.8 Å². The molecule has 1 amide bonds. The van der Waals surface area contributed by atoms with Crippen LogP contribution in [0.1, 0.15) is 15.9 Å². The Balaban J connectivity index is 2.03. The first-order valence-corrected chi connectivity index (χ1v) is 5.81. The van der Waals surface area contributed by atoms with Crippen molar-refractivity contribution in [1.82, 2.24) is 9.78 Å². The number of anilines is 1. The molecule has 0 fully saturated rings. The summed E-state index contributed by atoms with van der Waals surface area (Å²) in [5.41, 5.74) is 1.67. The number of halogens is 3. The predicted molar refractivity (Wildman–Crippen MR) is 67.4 cm³/mol. The van der Waals surface area contributed by atoms with Gasteiger partial charge in [0.2, 0.25) is 0 Å². The molecule has 106 valence electrons. The van der Waals surface area contributed by atoms with Crippen LogP contribution in [0.15, 0.2) is 36.7 Å². The number of hydrogen-bond acceptors (Lipinski definition) is 2. The molecule has 4 nitrogen and oxygen atoms in total. The fourth-order valence-corrected chi connectivity index (χ4v) is 1.61. The van der Waals surface area contributed by atoms with Gasteiger partial charge in [-0.25, -0.2) is 0 Å². The van der Waals surface area contributed by atoms with Crippen LogP contribution in [0.5, 0.6) is 0 Å². The van der Waals surface area contributed by atoms with Crippen molar-refractivity contribution in [3.8, 4) is 0 Å². The third kappa shape index (κ3) is 3.84. The van der Waals surface area contributed by atoms with E-state index in [0.29, 0.717) is 5.56 Å². The number of alkyl halides is 3. The fourth-order valence-electron chi connectivity index (χ4n) is 1.61. The SMILES string of the molecule is Cc1ccc(C(=O)Nc2cnn(CC(F)(F)F)c2)cc1. The summed E-state index contributed by atoms with van der Waals surface area (Å²) in [5, 5.41) is 6.04. The van der Waals surface area contributed by atoms with E-state index in [9.17, 15) is 18.0 Å². The minimum absolute atomic E-state index is 0.222. The van der Waals surface area contributed by atoms with Crippen LogP contribution in [-0.2, 0) is 6.54 Å². The maximum atomic E-state index is 12.2. The molecule has 0 unspecified atom stereocenters. The highest BCUT2D eigenvalue weighted by atomic mass is 19.4. The van der Waals surface area contributed by atoms with Crippen molar-refractivity contribution in [2.45, 2.75) is 19.6 Å². The third-order valence-corrected chi connectivity index (χ3v) is 2.55. The zero-order valence-electron chi connectivity index (χ0n) is 10.6. The minimum atomic E-state index is -4.34. The number of nitrogens with one attached hydrogen (secondary N) is 1. The molecule has 1 N–H and O–H groups in total. The van der Waals surface area contributed by atoms with Crippen LogP contribution in [0.4, 0.5) is 18.9 Å². The van der Waals surface area contributed by atoms with E-state index in [1.54, 1.807) is 24.3 Å². The van der Waals surface area contributed by atoms with Gasteiger partial charge in [-0.05, 0) is 19.1 Å². The fraction of sp³-hybridized carbons (Fsp3) is 0.231. The number of benzene rings is 1. The molecule has 2 rings (SSSR count). The molecular formula is C13H12F3N3O. The van der Waals surface area contributed by atoms with E-state index < -0.39 is 18.6 Å². The van der Waals surface area contributed by atoms with E-state index in [2.05, 4.69) is 10.4 Å². The van der Waals surface area contributed by atoms with E-state index in [1.165, 1.54) is 6.20 Å². The lowest BCUT2D eigenvalue weighted by Crippen LogP contribution is -2.18. The zero-order valence-corrected chi connectivity index (χ0v) is 10.6. The van der Waals surface area contributed by atoms with Crippen molar-refractivity contribution in [2.24, 2.45) is 0 Å². The maximum absolute atomic E-state index is 12.2. The molecule has 0 spiro atoms. The number of carbonyl (C=O) groups excluding carboxylic acids is 1. The minimum Gasteiger partial charge on any atom is -0.319 e. The van der Waals surface area contributed by atoms with Crippen molar-refractivity contribution >= 4 is 11.6 Å². The van der Waals surface area contributed by atoms with Gasteiger partial charge in [0, 0.05) is 11.8 Å². The summed E-state index contributed by atoms with van der Waals surface area (Å²) >= 11 is 0. The van der Waals surface area contributed by atoms with E-state index in [-0.39, 0.29) is 5.69 Å². The Bertz CT molecular complexity index is 602. The molecule has 1 heterocycles. The molecule has 0 atom stereocenters. The molecule has 7 heteroatoms. The Morgan fingerprint density at radius 3 is 2.55 bits per heavy atom. The number of carbonyl (C=O) groups is 1. The van der Waals surface area contributed by atoms with Gasteiger partial charge in [-0.1, -0.05) is 17.7 Å². The summed E-state index contributed by atoms with van der Waals surface area (Å²) in [6, 6.07) is 6.85. The molecule has 0 bridgehead atoms. The predicted octanol–water partition coefficient (Wildman–Crippen LogP) is 3.01. The normalized spacial score (nSPS) is 11.4. The number of aromatic nitrogens is 2. The molecule has 0 saturated carbocycles. The second-order valence-electron chi connectivity index (χ2n) is 4.36. The summed E-state index contributed by atoms with van der Waals surface area (Å²) in [4.78, 5) is 11.8. The highest BCUT2D eigenvalue weighted by Crippen LogP contribution is 2.18. The van der Waals surface area contributed by atoms with Gasteiger partial charge >= 0.3 is 6.18 Å². The standard InChI is InChI=1S/C13H12F3N3O/c1-9-2-4-10(5-3-9)12(20)18-11-6-17-19(7-11)8-13(14,15)16/h2-7H,8H2,1H3,(H,18,20). The molecule has 0 aliphatic rings. The summed E-state index contributed by atoms with van der Waals surface area (Å²) in [7, 11) is 0. The first-order chi connectivity index (χ1) is 9.33. The van der Waals surface area contributed by atoms with Gasteiger partial charge in [0.25, 0.3) is 5.91 Å². The molecule has 1 aromatic carbocycles. The van der Waals surface area contributed by atoms with Gasteiger partial charge in [0.15, 0.2) is 0 Å². The summed E-state index contributed by atoms with van der Waals surface area (Å²) in [6.07, 6.45) is -2.03. The van der Waals surface area contributed by atoms with E-state index in [4.69, 9.17) is 0 Å². The topological polar surface area (TPSA) is 46.9 Å². The molecular weight excluding hydrogens is 271 g/mol. The van der Waals surface area contributed by atoms with Crippen LogP contribution < -0.4 is 5.32 Å². The van der Waals surface area contributed by atoms with Gasteiger partial charge in [-0.2, -0.15) is 18.3 Å². The first kappa shape index (κ1) is 14.1. The summed E-state index contributed by atoms with van der Waals surface area (Å²) < 4.78 is 37.2. The lowest BCUT2D eigenvalue weighted by molar-refractivity contribution is -0.142. The van der Waals surface area contributed by atoms with E-state index in [0.717, 1.165) is 16.4 Å². The summed E-state index contributed by atoms with van der Waals surface area (Å²) in [5.74, 6) is -0.392. The monoisotopic (exact) mass is 283 g/mol. The van der Waals surface area contributed by atoms with Crippen LogP contribution in [0, 0.1) is 6.92 Å². The van der Waals surface area contributed by atoms with E-state index >= 15 is 0 Å². The van der Waals surface area contributed by atoms with Crippen molar-refractivity contribution in [1.29, 1.82) is 0 Å². The Morgan fingerprint density at radius 1 is 1.30 bits per heavy atom. The van der Waals surface area contributed by atoms with Crippen LogP contribution in [-0.4, -0.2) is 21.9 Å². The lowest BCUT2D eigenvalue weighted by atomic mass is 10.1. The van der Waals surface area contributed by atoms with Crippen LogP contribution >= 0.6 is 0 Å². The Morgan fingerprint density at radius 2 is 1.95 bits per heavy atom. The van der Waals surface area contributed by atoms with Crippen molar-refractivity contribution in [2.75, 3.05) is 5.32 Å². The molecule has 2 aromatic rings. The number of rotatable bonds is 3. The number of amides is 1. The Hall–Kier alpha value is -2.31. The summed E-state index contributed by atoms with van der Waals surface area (Å²) in [6.45, 7) is 0.705. The highest BCUT2D eigenvalue weighted by molar-refractivity contribution is 6.04. The quantitative estimate of drug-likeness (QED) is 0.941. The smallest absolute Gasteiger partial charge is 0.319 e. The Labute approximate surface area is 113 Å². The van der Waals surface area contributed by atoms with Gasteiger partial charge in [0.1, 0.15) is 6.54 Å². The average molecular weight is 283 g/mol. The van der Waals surface area contributed by atoms with Crippen molar-refractivity contribution < 1.29 is 18.0 Å². The molecule has 0 saturated heterocycles. The molecule has 0 aliphatic heterocycles. The molecule has 20 heavy (non-hydrogen) atoms. The van der Waals surface area contributed by atoms with Gasteiger partial charge in [0.05, 0.1) is 11.9 Å². The highest BCUT2D eigenvalue weighted by Gasteiger charge is 2.28. The van der Waals surface area contributed by atoms with Crippen LogP contribution in [0.3, 0.4) is 0 Å². The Kier molecular flexibility index (Phi) is 3.78. The number of aryl methyl sites for hydroxylation is 1. The first-order valence-electron chi connectivity index (χ1n) is 5.81. The second-order valence-corrected chi connectivity index (χ2v) is 4.36. The van der Waals surface area contributed by atoms with Gasteiger partial charge in [-0.15, -0.1) is 0 Å².